The summed E-state index contributed by atoms with van der Waals surface area (Å²) in [4.78, 5) is 26.6. The number of nitrogens with zero attached hydrogens (tertiary/aromatic N) is 1. The number of esters is 1. The quantitative estimate of drug-likeness (QED) is 0.598. The van der Waals surface area contributed by atoms with Gasteiger partial charge in [0.05, 0.1) is 5.92 Å². The van der Waals surface area contributed by atoms with Crippen molar-refractivity contribution in [3.05, 3.63) is 48.0 Å². The van der Waals surface area contributed by atoms with Crippen molar-refractivity contribution >= 4 is 12.1 Å². The Balaban J connectivity index is 1.97. The molecular weight excluding hydrogens is 330 g/mol. The Morgan fingerprint density at radius 3 is 2.54 bits per heavy atom. The molecule has 1 heterocycles. The van der Waals surface area contributed by atoms with Crippen molar-refractivity contribution in [2.24, 2.45) is 11.8 Å². The van der Waals surface area contributed by atoms with Crippen LogP contribution < -0.4 is 0 Å². The third-order valence-electron chi connectivity index (χ3n) is 4.28. The molecule has 0 N–H and O–H groups in total. The highest BCUT2D eigenvalue weighted by atomic mass is 16.6. The molecule has 1 aromatic rings. The smallest absolute Gasteiger partial charge is 0.410 e. The Hall–Kier alpha value is -2.30. The Bertz CT molecular complexity index is 633. The van der Waals surface area contributed by atoms with Crippen molar-refractivity contribution in [1.29, 1.82) is 0 Å². The Morgan fingerprint density at radius 1 is 1.23 bits per heavy atom. The second kappa shape index (κ2) is 8.88. The fraction of sp³-hybridized carbons (Fsp3) is 0.524. The SMILES string of the molecule is CC=CC1CN(C(=O)OC(C)(C)C)CCC1C(=O)OCc1ccccc1. The van der Waals surface area contributed by atoms with E-state index in [1.807, 2.05) is 70.2 Å². The van der Waals surface area contributed by atoms with E-state index >= 15 is 0 Å². The minimum atomic E-state index is -0.529. The molecule has 1 amide bonds. The van der Waals surface area contributed by atoms with Crippen LogP contribution in [-0.2, 0) is 20.9 Å². The van der Waals surface area contributed by atoms with Crippen molar-refractivity contribution in [2.45, 2.75) is 46.3 Å². The van der Waals surface area contributed by atoms with Gasteiger partial charge in [0.25, 0.3) is 0 Å². The molecule has 5 heteroatoms. The van der Waals surface area contributed by atoms with E-state index in [9.17, 15) is 9.59 Å². The number of rotatable bonds is 4. The highest BCUT2D eigenvalue weighted by molar-refractivity contribution is 5.74. The Labute approximate surface area is 156 Å². The standard InChI is InChI=1S/C21H29NO4/c1-5-9-17-14-22(20(24)26-21(2,3)4)13-12-18(17)19(23)25-15-16-10-7-6-8-11-16/h5-11,17-18H,12-15H2,1-4H3. The molecule has 1 aliphatic heterocycles. The molecule has 0 spiro atoms. The Kier molecular flexibility index (Phi) is 6.83. The maximum Gasteiger partial charge on any atom is 0.410 e. The van der Waals surface area contributed by atoms with Gasteiger partial charge in [-0.3, -0.25) is 4.79 Å². The molecule has 0 bridgehead atoms. The first kappa shape index (κ1) is 20.0. The minimum Gasteiger partial charge on any atom is -0.461 e. The van der Waals surface area contributed by atoms with Gasteiger partial charge in [0.15, 0.2) is 0 Å². The summed E-state index contributed by atoms with van der Waals surface area (Å²) in [5, 5.41) is 0. The molecule has 0 aromatic heterocycles. The molecule has 0 radical (unpaired) electrons. The van der Waals surface area contributed by atoms with Crippen LogP contribution in [0.1, 0.15) is 39.7 Å². The summed E-state index contributed by atoms with van der Waals surface area (Å²) in [5.41, 5.74) is 0.438. The van der Waals surface area contributed by atoms with E-state index in [-0.39, 0.29) is 30.5 Å². The molecule has 2 atom stereocenters. The maximum atomic E-state index is 12.6. The van der Waals surface area contributed by atoms with E-state index in [0.717, 1.165) is 5.56 Å². The normalized spacial score (nSPS) is 20.8. The summed E-state index contributed by atoms with van der Waals surface area (Å²) in [7, 11) is 0. The molecule has 0 aliphatic carbocycles. The van der Waals surface area contributed by atoms with E-state index in [1.54, 1.807) is 4.90 Å². The van der Waals surface area contributed by atoms with Crippen LogP contribution in [0.3, 0.4) is 0 Å². The number of likely N-dealkylation sites (tertiary alicyclic amines) is 1. The molecule has 1 fully saturated rings. The second-order valence-electron chi connectivity index (χ2n) is 7.60. The maximum absolute atomic E-state index is 12.6. The van der Waals surface area contributed by atoms with Crippen LogP contribution in [0.4, 0.5) is 4.79 Å². The number of benzene rings is 1. The average molecular weight is 359 g/mol. The molecule has 1 saturated heterocycles. The molecule has 142 valence electrons. The minimum absolute atomic E-state index is 0.0652. The lowest BCUT2D eigenvalue weighted by molar-refractivity contribution is -0.153. The van der Waals surface area contributed by atoms with E-state index in [4.69, 9.17) is 9.47 Å². The van der Waals surface area contributed by atoms with Gasteiger partial charge in [-0.15, -0.1) is 0 Å². The molecule has 1 aromatic carbocycles. The summed E-state index contributed by atoms with van der Waals surface area (Å²) in [5.74, 6) is -0.515. The third-order valence-corrected chi connectivity index (χ3v) is 4.28. The first-order valence-corrected chi connectivity index (χ1v) is 9.11. The van der Waals surface area contributed by atoms with E-state index in [1.165, 1.54) is 0 Å². The van der Waals surface area contributed by atoms with Crippen LogP contribution in [0.25, 0.3) is 0 Å². The summed E-state index contributed by atoms with van der Waals surface area (Å²) >= 11 is 0. The van der Waals surface area contributed by atoms with Gasteiger partial charge in [-0.25, -0.2) is 4.79 Å². The topological polar surface area (TPSA) is 55.8 Å². The van der Waals surface area contributed by atoms with E-state index < -0.39 is 5.60 Å². The van der Waals surface area contributed by atoms with Gasteiger partial charge in [-0.1, -0.05) is 42.5 Å². The Morgan fingerprint density at radius 2 is 1.92 bits per heavy atom. The van der Waals surface area contributed by atoms with Gasteiger partial charge in [-0.2, -0.15) is 0 Å². The van der Waals surface area contributed by atoms with E-state index in [2.05, 4.69) is 0 Å². The summed E-state index contributed by atoms with van der Waals surface area (Å²) in [6.45, 7) is 8.69. The number of amides is 1. The average Bonchev–Trinajstić information content (AvgIpc) is 2.59. The number of piperidine rings is 1. The number of carbonyl (C=O) groups is 2. The highest BCUT2D eigenvalue weighted by Crippen LogP contribution is 2.27. The molecular formula is C21H29NO4. The van der Waals surface area contributed by atoms with Crippen LogP contribution in [0.2, 0.25) is 0 Å². The predicted octanol–water partition coefficient (Wildman–Crippen LogP) is 4.18. The lowest BCUT2D eigenvalue weighted by Crippen LogP contribution is -2.47. The van der Waals surface area contributed by atoms with E-state index in [0.29, 0.717) is 19.5 Å². The van der Waals surface area contributed by atoms with Gasteiger partial charge < -0.3 is 14.4 Å². The van der Waals surface area contributed by atoms with Gasteiger partial charge in [0, 0.05) is 19.0 Å². The van der Waals surface area contributed by atoms with Gasteiger partial charge in [0.2, 0.25) is 0 Å². The lowest BCUT2D eigenvalue weighted by Gasteiger charge is -2.36. The summed E-state index contributed by atoms with van der Waals surface area (Å²) < 4.78 is 11.0. The number of hydrogen-bond acceptors (Lipinski definition) is 4. The number of allylic oxidation sites excluding steroid dienone is 1. The first-order chi connectivity index (χ1) is 12.3. The highest BCUT2D eigenvalue weighted by Gasteiger charge is 2.36. The fourth-order valence-corrected chi connectivity index (χ4v) is 3.04. The molecule has 26 heavy (non-hydrogen) atoms. The number of carbonyl (C=O) groups excluding carboxylic acids is 2. The van der Waals surface area contributed by atoms with Crippen molar-refractivity contribution < 1.29 is 19.1 Å². The number of ether oxygens (including phenoxy) is 2. The second-order valence-corrected chi connectivity index (χ2v) is 7.60. The van der Waals surface area contributed by atoms with Crippen LogP contribution in [0.5, 0.6) is 0 Å². The third kappa shape index (κ3) is 5.90. The molecule has 1 aliphatic rings. The van der Waals surface area contributed by atoms with Crippen molar-refractivity contribution in [3.63, 3.8) is 0 Å². The lowest BCUT2D eigenvalue weighted by atomic mass is 9.85. The van der Waals surface area contributed by atoms with Gasteiger partial charge >= 0.3 is 12.1 Å². The first-order valence-electron chi connectivity index (χ1n) is 9.11. The van der Waals surface area contributed by atoms with Crippen molar-refractivity contribution in [1.82, 2.24) is 4.90 Å². The zero-order chi connectivity index (χ0) is 19.2. The van der Waals surface area contributed by atoms with Crippen LogP contribution >= 0.6 is 0 Å². The van der Waals surface area contributed by atoms with Gasteiger partial charge in [-0.05, 0) is 39.7 Å². The monoisotopic (exact) mass is 359 g/mol. The van der Waals surface area contributed by atoms with Crippen molar-refractivity contribution in [2.75, 3.05) is 13.1 Å². The molecule has 5 nitrogen and oxygen atoms in total. The van der Waals surface area contributed by atoms with Crippen LogP contribution in [0, 0.1) is 11.8 Å². The summed E-state index contributed by atoms with van der Waals surface area (Å²) in [6.07, 6.45) is 4.14. The number of hydrogen-bond donors (Lipinski definition) is 0. The zero-order valence-electron chi connectivity index (χ0n) is 16.1. The summed E-state index contributed by atoms with van der Waals surface area (Å²) in [6, 6.07) is 9.64. The van der Waals surface area contributed by atoms with Crippen LogP contribution in [-0.4, -0.2) is 35.7 Å². The molecule has 2 rings (SSSR count). The van der Waals surface area contributed by atoms with Crippen molar-refractivity contribution in [3.8, 4) is 0 Å². The predicted molar refractivity (Wildman–Crippen MR) is 100 cm³/mol. The van der Waals surface area contributed by atoms with Gasteiger partial charge in [0.1, 0.15) is 12.2 Å². The zero-order valence-corrected chi connectivity index (χ0v) is 16.1. The largest absolute Gasteiger partial charge is 0.461 e. The fourth-order valence-electron chi connectivity index (χ4n) is 3.04. The van der Waals surface area contributed by atoms with Crippen LogP contribution in [0.15, 0.2) is 42.5 Å². The molecule has 0 saturated carbocycles. The molecule has 2 unspecified atom stereocenters.